The fourth-order valence-corrected chi connectivity index (χ4v) is 2.62. The minimum Gasteiger partial charge on any atom is -0.490 e. The highest BCUT2D eigenvalue weighted by Gasteiger charge is 2.12. The van der Waals surface area contributed by atoms with Gasteiger partial charge in [-0.05, 0) is 51.1 Å². The summed E-state index contributed by atoms with van der Waals surface area (Å²) in [7, 11) is 0. The molecule has 1 N–H and O–H groups in total. The standard InChI is InChI=1S/C20H22N4O3/c1-4-26-17-8-6-15(12-18(17)27-5-2)20(25)23-16-7-9-19(22-13-16)24-11-10-21-14(24)3/h6-13H,4-5H2,1-3H3,(H,23,25). The zero-order valence-corrected chi connectivity index (χ0v) is 15.6. The van der Waals surface area contributed by atoms with E-state index in [1.54, 1.807) is 36.7 Å². The highest BCUT2D eigenvalue weighted by Crippen LogP contribution is 2.29. The minimum atomic E-state index is -0.243. The largest absolute Gasteiger partial charge is 0.490 e. The van der Waals surface area contributed by atoms with Gasteiger partial charge in [0.25, 0.3) is 5.91 Å². The number of ether oxygens (including phenoxy) is 2. The summed E-state index contributed by atoms with van der Waals surface area (Å²) in [5, 5.41) is 2.84. The van der Waals surface area contributed by atoms with Gasteiger partial charge in [-0.15, -0.1) is 0 Å². The van der Waals surface area contributed by atoms with Crippen molar-refractivity contribution in [2.45, 2.75) is 20.8 Å². The van der Waals surface area contributed by atoms with Crippen molar-refractivity contribution in [3.05, 3.63) is 60.3 Å². The molecule has 2 aromatic heterocycles. The van der Waals surface area contributed by atoms with E-state index >= 15 is 0 Å². The van der Waals surface area contributed by atoms with Gasteiger partial charge < -0.3 is 14.8 Å². The number of nitrogens with zero attached hydrogens (tertiary/aromatic N) is 3. The Morgan fingerprint density at radius 1 is 1.07 bits per heavy atom. The number of benzene rings is 1. The second-order valence-corrected chi connectivity index (χ2v) is 5.73. The molecule has 0 aliphatic rings. The summed E-state index contributed by atoms with van der Waals surface area (Å²) < 4.78 is 13.0. The monoisotopic (exact) mass is 366 g/mol. The van der Waals surface area contributed by atoms with Crippen molar-refractivity contribution in [1.29, 1.82) is 0 Å². The van der Waals surface area contributed by atoms with Gasteiger partial charge in [0.1, 0.15) is 11.6 Å². The summed E-state index contributed by atoms with van der Waals surface area (Å²) in [4.78, 5) is 21.1. The van der Waals surface area contributed by atoms with Gasteiger partial charge in [0, 0.05) is 18.0 Å². The average molecular weight is 366 g/mol. The van der Waals surface area contributed by atoms with Crippen molar-refractivity contribution >= 4 is 11.6 Å². The Labute approximate surface area is 158 Å². The normalized spacial score (nSPS) is 10.5. The fraction of sp³-hybridized carbons (Fsp3) is 0.250. The maximum absolute atomic E-state index is 12.6. The van der Waals surface area contributed by atoms with Crippen LogP contribution >= 0.6 is 0 Å². The summed E-state index contributed by atoms with van der Waals surface area (Å²) in [5.74, 6) is 2.51. The molecule has 0 fully saturated rings. The Hall–Kier alpha value is -3.35. The number of carbonyl (C=O) groups excluding carboxylic acids is 1. The van der Waals surface area contributed by atoms with Crippen molar-refractivity contribution < 1.29 is 14.3 Å². The number of hydrogen-bond donors (Lipinski definition) is 1. The average Bonchev–Trinajstić information content (AvgIpc) is 3.10. The molecule has 1 amide bonds. The van der Waals surface area contributed by atoms with Gasteiger partial charge in [-0.3, -0.25) is 9.36 Å². The van der Waals surface area contributed by atoms with E-state index in [0.717, 1.165) is 11.6 Å². The topological polar surface area (TPSA) is 78.3 Å². The first-order valence-corrected chi connectivity index (χ1v) is 8.79. The van der Waals surface area contributed by atoms with Gasteiger partial charge in [0.2, 0.25) is 0 Å². The molecule has 27 heavy (non-hydrogen) atoms. The summed E-state index contributed by atoms with van der Waals surface area (Å²) in [5.41, 5.74) is 1.09. The van der Waals surface area contributed by atoms with Crippen molar-refractivity contribution in [3.8, 4) is 17.3 Å². The molecule has 140 valence electrons. The Morgan fingerprint density at radius 2 is 1.85 bits per heavy atom. The molecule has 0 saturated carbocycles. The van der Waals surface area contributed by atoms with Gasteiger partial charge >= 0.3 is 0 Å². The molecular formula is C20H22N4O3. The molecule has 2 heterocycles. The predicted octanol–water partition coefficient (Wildman–Crippen LogP) is 3.63. The third kappa shape index (κ3) is 4.25. The number of anilines is 1. The second kappa shape index (κ2) is 8.35. The molecule has 0 aliphatic carbocycles. The van der Waals surface area contributed by atoms with E-state index in [2.05, 4.69) is 15.3 Å². The van der Waals surface area contributed by atoms with Gasteiger partial charge in [0.05, 0.1) is 25.1 Å². The number of nitrogens with one attached hydrogen (secondary N) is 1. The number of aryl methyl sites for hydroxylation is 1. The van der Waals surface area contributed by atoms with Crippen LogP contribution in [0.3, 0.4) is 0 Å². The third-order valence-corrected chi connectivity index (χ3v) is 3.88. The maximum atomic E-state index is 12.6. The first-order valence-electron chi connectivity index (χ1n) is 8.79. The van der Waals surface area contributed by atoms with E-state index in [-0.39, 0.29) is 5.91 Å². The van der Waals surface area contributed by atoms with Gasteiger partial charge in [-0.25, -0.2) is 9.97 Å². The number of hydrogen-bond acceptors (Lipinski definition) is 5. The van der Waals surface area contributed by atoms with E-state index in [1.807, 2.05) is 37.6 Å². The zero-order valence-electron chi connectivity index (χ0n) is 15.6. The Kier molecular flexibility index (Phi) is 5.71. The Balaban J connectivity index is 1.75. The van der Waals surface area contributed by atoms with Crippen molar-refractivity contribution in [1.82, 2.24) is 14.5 Å². The molecule has 7 nitrogen and oxygen atoms in total. The lowest BCUT2D eigenvalue weighted by molar-refractivity contribution is 0.102. The van der Waals surface area contributed by atoms with Gasteiger partial charge in [-0.2, -0.15) is 0 Å². The molecule has 1 aromatic carbocycles. The van der Waals surface area contributed by atoms with Crippen LogP contribution in [0.4, 0.5) is 5.69 Å². The van der Waals surface area contributed by atoms with Crippen LogP contribution < -0.4 is 14.8 Å². The molecule has 0 aliphatic heterocycles. The van der Waals surface area contributed by atoms with Gasteiger partial charge in [-0.1, -0.05) is 0 Å². The van der Waals surface area contributed by atoms with Crippen LogP contribution in [0.25, 0.3) is 5.82 Å². The fourth-order valence-electron chi connectivity index (χ4n) is 2.62. The molecular weight excluding hydrogens is 344 g/mol. The van der Waals surface area contributed by atoms with Crippen molar-refractivity contribution in [2.24, 2.45) is 0 Å². The number of amides is 1. The molecule has 0 unspecified atom stereocenters. The summed E-state index contributed by atoms with van der Waals surface area (Å²) in [6.07, 6.45) is 5.17. The number of pyridine rings is 1. The highest BCUT2D eigenvalue weighted by molar-refractivity contribution is 6.04. The smallest absolute Gasteiger partial charge is 0.255 e. The number of carbonyl (C=O) groups is 1. The lowest BCUT2D eigenvalue weighted by Gasteiger charge is -2.12. The molecule has 0 spiro atoms. The first-order chi connectivity index (χ1) is 13.1. The van der Waals surface area contributed by atoms with Crippen LogP contribution in [-0.2, 0) is 0 Å². The minimum absolute atomic E-state index is 0.243. The molecule has 3 rings (SSSR count). The molecule has 0 atom stereocenters. The van der Waals surface area contributed by atoms with Crippen LogP contribution in [-0.4, -0.2) is 33.7 Å². The summed E-state index contributed by atoms with van der Waals surface area (Å²) >= 11 is 0. The lowest BCUT2D eigenvalue weighted by atomic mass is 10.2. The quantitative estimate of drug-likeness (QED) is 0.691. The lowest BCUT2D eigenvalue weighted by Crippen LogP contribution is -2.13. The van der Waals surface area contributed by atoms with Gasteiger partial charge in [0.15, 0.2) is 11.5 Å². The number of rotatable bonds is 7. The van der Waals surface area contributed by atoms with Crippen LogP contribution in [0.2, 0.25) is 0 Å². The van der Waals surface area contributed by atoms with Crippen LogP contribution in [0, 0.1) is 6.92 Å². The van der Waals surface area contributed by atoms with E-state index in [4.69, 9.17) is 9.47 Å². The maximum Gasteiger partial charge on any atom is 0.255 e. The molecule has 0 radical (unpaired) electrons. The molecule has 3 aromatic rings. The van der Waals surface area contributed by atoms with E-state index < -0.39 is 0 Å². The highest BCUT2D eigenvalue weighted by atomic mass is 16.5. The van der Waals surface area contributed by atoms with Crippen LogP contribution in [0.15, 0.2) is 48.9 Å². The second-order valence-electron chi connectivity index (χ2n) is 5.73. The summed E-state index contributed by atoms with van der Waals surface area (Å²) in [6.45, 7) is 6.71. The first kappa shape index (κ1) is 18.4. The SMILES string of the molecule is CCOc1ccc(C(=O)Nc2ccc(-n3ccnc3C)nc2)cc1OCC. The zero-order chi connectivity index (χ0) is 19.2. The van der Waals surface area contributed by atoms with Crippen molar-refractivity contribution in [2.75, 3.05) is 18.5 Å². The Bertz CT molecular complexity index is 919. The Morgan fingerprint density at radius 3 is 2.48 bits per heavy atom. The predicted molar refractivity (Wildman–Crippen MR) is 103 cm³/mol. The number of aromatic nitrogens is 3. The van der Waals surface area contributed by atoms with Crippen LogP contribution in [0.1, 0.15) is 30.0 Å². The molecule has 0 saturated heterocycles. The third-order valence-electron chi connectivity index (χ3n) is 3.88. The van der Waals surface area contributed by atoms with E-state index in [0.29, 0.717) is 36.0 Å². The molecule has 0 bridgehead atoms. The number of imidazole rings is 1. The van der Waals surface area contributed by atoms with E-state index in [9.17, 15) is 4.79 Å². The summed E-state index contributed by atoms with van der Waals surface area (Å²) in [6, 6.07) is 8.76. The van der Waals surface area contributed by atoms with Crippen LogP contribution in [0.5, 0.6) is 11.5 Å². The molecule has 7 heteroatoms. The van der Waals surface area contributed by atoms with Crippen molar-refractivity contribution in [3.63, 3.8) is 0 Å². The van der Waals surface area contributed by atoms with E-state index in [1.165, 1.54) is 0 Å².